The van der Waals surface area contributed by atoms with Gasteiger partial charge in [0.2, 0.25) is 5.82 Å². The lowest BCUT2D eigenvalue weighted by atomic mass is 10.1. The topological polar surface area (TPSA) is 72.6 Å². The molecule has 0 fully saturated rings. The molecule has 0 aliphatic carbocycles. The number of rotatable bonds is 4. The standard InChI is InChI=1S/C14H12FNO4/c1-9-6-11(3-2-10(9)8-17)20-12-4-5-14(16(18)19)13(15)7-12/h2-7,17H,8H2,1H3. The molecule has 2 aromatic carbocycles. The summed E-state index contributed by atoms with van der Waals surface area (Å²) in [7, 11) is 0. The van der Waals surface area contributed by atoms with Crippen molar-refractivity contribution in [1.29, 1.82) is 0 Å². The fourth-order valence-corrected chi connectivity index (χ4v) is 1.74. The van der Waals surface area contributed by atoms with Crippen molar-refractivity contribution in [1.82, 2.24) is 0 Å². The lowest BCUT2D eigenvalue weighted by Crippen LogP contribution is -1.94. The van der Waals surface area contributed by atoms with Gasteiger partial charge in [0, 0.05) is 12.1 Å². The van der Waals surface area contributed by atoms with Gasteiger partial charge in [0.1, 0.15) is 11.5 Å². The number of aryl methyl sites for hydroxylation is 1. The van der Waals surface area contributed by atoms with Crippen LogP contribution in [0.25, 0.3) is 0 Å². The van der Waals surface area contributed by atoms with E-state index in [0.29, 0.717) is 5.75 Å². The molecule has 0 bridgehead atoms. The summed E-state index contributed by atoms with van der Waals surface area (Å²) in [5.41, 5.74) is 1.02. The van der Waals surface area contributed by atoms with Gasteiger partial charge in [-0.3, -0.25) is 10.1 Å². The number of hydrogen-bond acceptors (Lipinski definition) is 4. The van der Waals surface area contributed by atoms with Gasteiger partial charge in [-0.2, -0.15) is 4.39 Å². The molecule has 0 heterocycles. The molecule has 0 aliphatic heterocycles. The number of aliphatic hydroxyl groups is 1. The fourth-order valence-electron chi connectivity index (χ4n) is 1.74. The van der Waals surface area contributed by atoms with Crippen LogP contribution in [-0.4, -0.2) is 10.0 Å². The molecule has 20 heavy (non-hydrogen) atoms. The maximum Gasteiger partial charge on any atom is 0.305 e. The van der Waals surface area contributed by atoms with E-state index in [9.17, 15) is 14.5 Å². The average molecular weight is 277 g/mol. The molecule has 0 saturated carbocycles. The molecule has 0 radical (unpaired) electrons. The first-order chi connectivity index (χ1) is 9.51. The van der Waals surface area contributed by atoms with Gasteiger partial charge in [-0.15, -0.1) is 0 Å². The molecule has 6 heteroatoms. The van der Waals surface area contributed by atoms with Crippen molar-refractivity contribution >= 4 is 5.69 Å². The number of nitrogens with zero attached hydrogens (tertiary/aromatic N) is 1. The number of aliphatic hydroxyl groups excluding tert-OH is 1. The second kappa shape index (κ2) is 5.66. The van der Waals surface area contributed by atoms with E-state index in [4.69, 9.17) is 9.84 Å². The second-order valence-electron chi connectivity index (χ2n) is 4.22. The molecule has 1 N–H and O–H groups in total. The monoisotopic (exact) mass is 277 g/mol. The van der Waals surface area contributed by atoms with E-state index >= 15 is 0 Å². The highest BCUT2D eigenvalue weighted by Crippen LogP contribution is 2.27. The van der Waals surface area contributed by atoms with Crippen LogP contribution < -0.4 is 4.74 Å². The Morgan fingerprint density at radius 3 is 2.45 bits per heavy atom. The van der Waals surface area contributed by atoms with Crippen LogP contribution in [0.3, 0.4) is 0 Å². The van der Waals surface area contributed by atoms with E-state index in [0.717, 1.165) is 23.3 Å². The molecule has 0 spiro atoms. The predicted octanol–water partition coefficient (Wildman–Crippen LogP) is 3.33. The number of ether oxygens (including phenoxy) is 1. The molecular formula is C14H12FNO4. The Labute approximate surface area is 114 Å². The highest BCUT2D eigenvalue weighted by atomic mass is 19.1. The van der Waals surface area contributed by atoms with Crippen molar-refractivity contribution in [3.8, 4) is 11.5 Å². The van der Waals surface area contributed by atoms with E-state index in [2.05, 4.69) is 0 Å². The molecule has 2 aromatic rings. The van der Waals surface area contributed by atoms with Crippen molar-refractivity contribution < 1.29 is 19.2 Å². The summed E-state index contributed by atoms with van der Waals surface area (Å²) in [5.74, 6) is -0.312. The summed E-state index contributed by atoms with van der Waals surface area (Å²) < 4.78 is 18.9. The molecule has 0 aromatic heterocycles. The Hall–Kier alpha value is -2.47. The van der Waals surface area contributed by atoms with Crippen molar-refractivity contribution in [3.63, 3.8) is 0 Å². The summed E-state index contributed by atoms with van der Waals surface area (Å²) in [6.45, 7) is 1.74. The van der Waals surface area contributed by atoms with E-state index in [-0.39, 0.29) is 12.4 Å². The highest BCUT2D eigenvalue weighted by Gasteiger charge is 2.14. The lowest BCUT2D eigenvalue weighted by molar-refractivity contribution is -0.387. The van der Waals surface area contributed by atoms with Crippen molar-refractivity contribution in [2.45, 2.75) is 13.5 Å². The Morgan fingerprint density at radius 1 is 1.25 bits per heavy atom. The van der Waals surface area contributed by atoms with Crippen LogP contribution in [0.2, 0.25) is 0 Å². The third kappa shape index (κ3) is 2.92. The van der Waals surface area contributed by atoms with Gasteiger partial charge in [-0.25, -0.2) is 0 Å². The predicted molar refractivity (Wildman–Crippen MR) is 70.2 cm³/mol. The summed E-state index contributed by atoms with van der Waals surface area (Å²) >= 11 is 0. The zero-order valence-corrected chi connectivity index (χ0v) is 10.7. The zero-order valence-electron chi connectivity index (χ0n) is 10.7. The van der Waals surface area contributed by atoms with Gasteiger partial charge in [0.05, 0.1) is 11.5 Å². The Kier molecular flexibility index (Phi) is 3.95. The molecular weight excluding hydrogens is 265 g/mol. The number of halogens is 1. The largest absolute Gasteiger partial charge is 0.457 e. The van der Waals surface area contributed by atoms with Gasteiger partial charge in [0.15, 0.2) is 0 Å². The van der Waals surface area contributed by atoms with Crippen molar-refractivity contribution in [2.24, 2.45) is 0 Å². The maximum atomic E-state index is 13.4. The first-order valence-corrected chi connectivity index (χ1v) is 5.83. The molecule has 5 nitrogen and oxygen atoms in total. The Balaban J connectivity index is 2.24. The van der Waals surface area contributed by atoms with E-state index in [1.54, 1.807) is 18.2 Å². The minimum atomic E-state index is -0.948. The van der Waals surface area contributed by atoms with Gasteiger partial charge < -0.3 is 9.84 Å². The van der Waals surface area contributed by atoms with Crippen LogP contribution in [-0.2, 0) is 6.61 Å². The second-order valence-corrected chi connectivity index (χ2v) is 4.22. The SMILES string of the molecule is Cc1cc(Oc2ccc([N+](=O)[O-])c(F)c2)ccc1CO. The summed E-state index contributed by atoms with van der Waals surface area (Å²) in [4.78, 5) is 9.72. The minimum Gasteiger partial charge on any atom is -0.457 e. The molecule has 0 atom stereocenters. The first kappa shape index (κ1) is 14.0. The third-order valence-corrected chi connectivity index (χ3v) is 2.84. The van der Waals surface area contributed by atoms with Gasteiger partial charge in [-0.05, 0) is 36.2 Å². The minimum absolute atomic E-state index is 0.0712. The normalized spacial score (nSPS) is 10.3. The van der Waals surface area contributed by atoms with Crippen LogP contribution in [0, 0.1) is 22.9 Å². The van der Waals surface area contributed by atoms with Crippen LogP contribution in [0.4, 0.5) is 10.1 Å². The lowest BCUT2D eigenvalue weighted by Gasteiger charge is -2.08. The van der Waals surface area contributed by atoms with Crippen LogP contribution in [0.1, 0.15) is 11.1 Å². The first-order valence-electron chi connectivity index (χ1n) is 5.83. The van der Waals surface area contributed by atoms with Crippen molar-refractivity contribution in [3.05, 3.63) is 63.5 Å². The van der Waals surface area contributed by atoms with E-state index in [1.807, 2.05) is 6.92 Å². The summed E-state index contributed by atoms with van der Waals surface area (Å²) in [6, 6.07) is 8.39. The summed E-state index contributed by atoms with van der Waals surface area (Å²) in [6.07, 6.45) is 0. The van der Waals surface area contributed by atoms with E-state index in [1.165, 1.54) is 6.07 Å². The Morgan fingerprint density at radius 2 is 1.90 bits per heavy atom. The third-order valence-electron chi connectivity index (χ3n) is 2.84. The van der Waals surface area contributed by atoms with Crippen LogP contribution in [0.5, 0.6) is 11.5 Å². The fraction of sp³-hybridized carbons (Fsp3) is 0.143. The van der Waals surface area contributed by atoms with Crippen LogP contribution >= 0.6 is 0 Å². The van der Waals surface area contributed by atoms with Crippen LogP contribution in [0.15, 0.2) is 36.4 Å². The number of nitro benzene ring substituents is 1. The van der Waals surface area contributed by atoms with Gasteiger partial charge in [0.25, 0.3) is 0 Å². The maximum absolute atomic E-state index is 13.4. The van der Waals surface area contributed by atoms with Gasteiger partial charge in [-0.1, -0.05) is 6.07 Å². The van der Waals surface area contributed by atoms with Crippen molar-refractivity contribution in [2.75, 3.05) is 0 Å². The molecule has 0 saturated heterocycles. The molecule has 0 unspecified atom stereocenters. The average Bonchev–Trinajstić information content (AvgIpc) is 2.38. The zero-order chi connectivity index (χ0) is 14.7. The Bertz CT molecular complexity index is 658. The quantitative estimate of drug-likeness (QED) is 0.687. The van der Waals surface area contributed by atoms with E-state index < -0.39 is 16.4 Å². The number of nitro groups is 1. The molecule has 0 amide bonds. The molecule has 2 rings (SSSR count). The number of benzene rings is 2. The molecule has 104 valence electrons. The van der Waals surface area contributed by atoms with Gasteiger partial charge >= 0.3 is 5.69 Å². The summed E-state index contributed by atoms with van der Waals surface area (Å²) in [5, 5.41) is 19.6. The molecule has 0 aliphatic rings. The highest BCUT2D eigenvalue weighted by molar-refractivity contribution is 5.41. The number of hydrogen-bond donors (Lipinski definition) is 1. The smallest absolute Gasteiger partial charge is 0.305 e.